The molecule has 0 amide bonds. The van der Waals surface area contributed by atoms with Crippen molar-refractivity contribution in [2.45, 2.75) is 20.8 Å². The van der Waals surface area contributed by atoms with Crippen LogP contribution in [0.25, 0.3) is 5.57 Å². The summed E-state index contributed by atoms with van der Waals surface area (Å²) in [6.07, 6.45) is 4.65. The molecule has 0 atom stereocenters. The second-order valence-electron chi connectivity index (χ2n) is 4.60. The number of hydrogen-bond donors (Lipinski definition) is 2. The molecule has 0 saturated carbocycles. The smallest absolute Gasteiger partial charge is 0.0409 e. The molecule has 104 valence electrons. The summed E-state index contributed by atoms with van der Waals surface area (Å²) in [5, 5.41) is 10.6. The van der Waals surface area contributed by atoms with Crippen LogP contribution in [0.3, 0.4) is 0 Å². The zero-order chi connectivity index (χ0) is 15.1. The van der Waals surface area contributed by atoms with Crippen molar-refractivity contribution in [2.75, 3.05) is 5.32 Å². The van der Waals surface area contributed by atoms with Crippen LogP contribution in [0.5, 0.6) is 0 Å². The summed E-state index contributed by atoms with van der Waals surface area (Å²) in [5.41, 5.74) is 5.74. The van der Waals surface area contributed by atoms with E-state index in [1.807, 2.05) is 32.9 Å². The Morgan fingerprint density at radius 1 is 1.35 bits per heavy atom. The number of nitrogens with zero attached hydrogens (tertiary/aromatic N) is 1. The number of rotatable bonds is 6. The fourth-order valence-corrected chi connectivity index (χ4v) is 1.76. The lowest BCUT2D eigenvalue weighted by molar-refractivity contribution is 1.34. The molecule has 0 unspecified atom stereocenters. The predicted octanol–water partition coefficient (Wildman–Crippen LogP) is 4.58. The van der Waals surface area contributed by atoms with Gasteiger partial charge >= 0.3 is 0 Å². The summed E-state index contributed by atoms with van der Waals surface area (Å²) < 4.78 is 0. The quantitative estimate of drug-likeness (QED) is 0.728. The summed E-state index contributed by atoms with van der Waals surface area (Å²) in [6.45, 7) is 13.2. The molecule has 0 spiro atoms. The first kappa shape index (κ1) is 15.6. The van der Waals surface area contributed by atoms with E-state index in [1.165, 1.54) is 6.21 Å². The van der Waals surface area contributed by atoms with Gasteiger partial charge in [-0.15, -0.1) is 0 Å². The van der Waals surface area contributed by atoms with Crippen LogP contribution in [-0.2, 0) is 0 Å². The summed E-state index contributed by atoms with van der Waals surface area (Å²) in [7, 11) is 0. The number of anilines is 1. The zero-order valence-electron chi connectivity index (χ0n) is 12.3. The van der Waals surface area contributed by atoms with Crippen LogP contribution in [0.15, 0.2) is 53.8 Å². The average Bonchev–Trinajstić information content (AvgIpc) is 2.41. The minimum Gasteiger partial charge on any atom is -0.362 e. The highest BCUT2D eigenvalue weighted by atomic mass is 14.8. The topological polar surface area (TPSA) is 48.2 Å². The van der Waals surface area contributed by atoms with Crippen LogP contribution in [0, 0.1) is 12.3 Å². The Morgan fingerprint density at radius 2 is 2.05 bits per heavy atom. The highest BCUT2D eigenvalue weighted by molar-refractivity contribution is 6.10. The van der Waals surface area contributed by atoms with Crippen LogP contribution < -0.4 is 5.32 Å². The summed E-state index contributed by atoms with van der Waals surface area (Å²) >= 11 is 0. The maximum Gasteiger partial charge on any atom is 0.0409 e. The number of aryl methyl sites for hydroxylation is 1. The number of aliphatic imine (C=N–C) groups is 1. The Labute approximate surface area is 121 Å². The van der Waals surface area contributed by atoms with Gasteiger partial charge in [-0.25, -0.2) is 0 Å². The maximum atomic E-state index is 7.52. The lowest BCUT2D eigenvalue weighted by Gasteiger charge is -2.10. The Morgan fingerprint density at radius 3 is 2.55 bits per heavy atom. The number of hydrogen-bond acceptors (Lipinski definition) is 3. The molecule has 0 bridgehead atoms. The third-order valence-electron chi connectivity index (χ3n) is 2.93. The molecule has 0 aliphatic rings. The van der Waals surface area contributed by atoms with Crippen LogP contribution in [0.4, 0.5) is 5.69 Å². The molecule has 0 aromatic heterocycles. The first-order valence-corrected chi connectivity index (χ1v) is 6.39. The third-order valence-corrected chi connectivity index (χ3v) is 2.93. The minimum absolute atomic E-state index is 0.721. The SMILES string of the molecule is C=CNc1ccc(/C(C)=C(\C=N)C=NC(=C)C)cc1C. The number of benzene rings is 1. The second-order valence-corrected chi connectivity index (χ2v) is 4.60. The van der Waals surface area contributed by atoms with Gasteiger partial charge in [-0.3, -0.25) is 4.99 Å². The molecule has 1 rings (SSSR count). The van der Waals surface area contributed by atoms with E-state index in [0.29, 0.717) is 0 Å². The van der Waals surface area contributed by atoms with Crippen LogP contribution in [0.2, 0.25) is 0 Å². The molecule has 0 heterocycles. The van der Waals surface area contributed by atoms with Gasteiger partial charge in [-0.1, -0.05) is 19.2 Å². The summed E-state index contributed by atoms with van der Waals surface area (Å²) in [6, 6.07) is 6.11. The summed E-state index contributed by atoms with van der Waals surface area (Å²) in [5.74, 6) is 0. The van der Waals surface area contributed by atoms with Gasteiger partial charge in [0.2, 0.25) is 0 Å². The van der Waals surface area contributed by atoms with Crippen molar-refractivity contribution < 1.29 is 0 Å². The molecule has 1 aromatic carbocycles. The third kappa shape index (κ3) is 4.05. The van der Waals surface area contributed by atoms with Crippen LogP contribution in [-0.4, -0.2) is 12.4 Å². The molecule has 3 heteroatoms. The average molecular weight is 267 g/mol. The van der Waals surface area contributed by atoms with Crippen molar-refractivity contribution in [1.82, 2.24) is 0 Å². The van der Waals surface area contributed by atoms with Crippen molar-refractivity contribution in [1.29, 1.82) is 5.41 Å². The van der Waals surface area contributed by atoms with Gasteiger partial charge < -0.3 is 10.7 Å². The Hall–Kier alpha value is -2.42. The first-order valence-electron chi connectivity index (χ1n) is 6.39. The van der Waals surface area contributed by atoms with Gasteiger partial charge in [0, 0.05) is 29.4 Å². The molecule has 1 aromatic rings. The molecular formula is C17H21N3. The van der Waals surface area contributed by atoms with Gasteiger partial charge in [0.05, 0.1) is 0 Å². The molecule has 0 radical (unpaired) electrons. The highest BCUT2D eigenvalue weighted by Crippen LogP contribution is 2.23. The van der Waals surface area contributed by atoms with Gasteiger partial charge in [0.25, 0.3) is 0 Å². The second kappa shape index (κ2) is 7.24. The molecule has 0 saturated heterocycles. The van der Waals surface area contributed by atoms with Crippen molar-refractivity contribution in [3.05, 3.63) is 60.0 Å². The number of nitrogens with one attached hydrogen (secondary N) is 2. The van der Waals surface area contributed by atoms with Crippen molar-refractivity contribution >= 4 is 23.7 Å². The monoisotopic (exact) mass is 267 g/mol. The Kier molecular flexibility index (Phi) is 5.66. The van der Waals surface area contributed by atoms with Crippen molar-refractivity contribution in [3.63, 3.8) is 0 Å². The standard InChI is InChI=1S/C17H21N3/c1-6-19-17-8-7-15(9-13(17)4)14(5)16(10-18)11-20-12(2)3/h6-11,18-19H,1-2H2,3-5H3/b16-14+,18-10?,20-11?. The fourth-order valence-electron chi connectivity index (χ4n) is 1.76. The zero-order valence-corrected chi connectivity index (χ0v) is 12.3. The van der Waals surface area contributed by atoms with E-state index in [9.17, 15) is 0 Å². The lowest BCUT2D eigenvalue weighted by atomic mass is 10.00. The molecule has 3 nitrogen and oxygen atoms in total. The molecular weight excluding hydrogens is 246 g/mol. The maximum absolute atomic E-state index is 7.52. The largest absolute Gasteiger partial charge is 0.362 e. The Balaban J connectivity index is 3.20. The minimum atomic E-state index is 0.721. The van der Waals surface area contributed by atoms with Gasteiger partial charge in [0.15, 0.2) is 0 Å². The van der Waals surface area contributed by atoms with Gasteiger partial charge in [0.1, 0.15) is 0 Å². The van der Waals surface area contributed by atoms with Crippen molar-refractivity contribution in [2.24, 2.45) is 4.99 Å². The van der Waals surface area contributed by atoms with E-state index in [0.717, 1.165) is 33.7 Å². The Bertz CT molecular complexity index is 592. The highest BCUT2D eigenvalue weighted by Gasteiger charge is 2.04. The van der Waals surface area contributed by atoms with Gasteiger partial charge in [-0.2, -0.15) is 0 Å². The number of allylic oxidation sites excluding steroid dienone is 3. The van der Waals surface area contributed by atoms with Gasteiger partial charge in [-0.05, 0) is 55.8 Å². The van der Waals surface area contributed by atoms with E-state index < -0.39 is 0 Å². The molecule has 0 aliphatic carbocycles. The molecule has 0 aliphatic heterocycles. The normalized spacial score (nSPS) is 11.9. The van der Waals surface area contributed by atoms with Crippen LogP contribution >= 0.6 is 0 Å². The lowest BCUT2D eigenvalue weighted by Crippen LogP contribution is -1.95. The first-order chi connectivity index (χ1) is 9.49. The van der Waals surface area contributed by atoms with E-state index >= 15 is 0 Å². The fraction of sp³-hybridized carbons (Fsp3) is 0.176. The van der Waals surface area contributed by atoms with Crippen LogP contribution in [0.1, 0.15) is 25.0 Å². The predicted molar refractivity (Wildman–Crippen MR) is 89.7 cm³/mol. The molecule has 0 fully saturated rings. The van der Waals surface area contributed by atoms with E-state index in [4.69, 9.17) is 5.41 Å². The van der Waals surface area contributed by atoms with E-state index in [2.05, 4.69) is 29.5 Å². The van der Waals surface area contributed by atoms with E-state index in [1.54, 1.807) is 12.4 Å². The molecule has 20 heavy (non-hydrogen) atoms. The van der Waals surface area contributed by atoms with E-state index in [-0.39, 0.29) is 0 Å². The summed E-state index contributed by atoms with van der Waals surface area (Å²) in [4.78, 5) is 4.16. The molecule has 2 N–H and O–H groups in total. The van der Waals surface area contributed by atoms with Crippen molar-refractivity contribution in [3.8, 4) is 0 Å².